The van der Waals surface area contributed by atoms with Crippen molar-refractivity contribution in [3.8, 4) is 0 Å². The summed E-state index contributed by atoms with van der Waals surface area (Å²) >= 11 is 0. The van der Waals surface area contributed by atoms with E-state index in [2.05, 4.69) is 5.32 Å². The Labute approximate surface area is 133 Å². The smallest absolute Gasteiger partial charge is 0.317 e. The molecular weight excluding hydrogens is 276 g/mol. The van der Waals surface area contributed by atoms with Crippen molar-refractivity contribution >= 4 is 6.03 Å². The number of nitrogens with one attached hydrogen (secondary N) is 1. The molecule has 0 spiro atoms. The number of carbonyl (C=O) groups excluding carboxylic acids is 1. The molecular formula is C18H28N2O2. The highest BCUT2D eigenvalue weighted by molar-refractivity contribution is 5.74. The fourth-order valence-electron chi connectivity index (χ4n) is 3.13. The fourth-order valence-corrected chi connectivity index (χ4v) is 3.13. The van der Waals surface area contributed by atoms with E-state index < -0.39 is 0 Å². The van der Waals surface area contributed by atoms with Gasteiger partial charge in [-0.15, -0.1) is 0 Å². The monoisotopic (exact) mass is 304 g/mol. The first-order valence-electron chi connectivity index (χ1n) is 8.28. The third-order valence-electron chi connectivity index (χ3n) is 4.54. The second kappa shape index (κ2) is 8.79. The van der Waals surface area contributed by atoms with Crippen LogP contribution in [0.3, 0.4) is 0 Å². The van der Waals surface area contributed by atoms with Crippen LogP contribution >= 0.6 is 0 Å². The molecule has 0 bridgehead atoms. The number of hydrogen-bond donors (Lipinski definition) is 1. The van der Waals surface area contributed by atoms with Gasteiger partial charge in [0.1, 0.15) is 0 Å². The van der Waals surface area contributed by atoms with E-state index in [-0.39, 0.29) is 6.03 Å². The van der Waals surface area contributed by atoms with Gasteiger partial charge in [-0.25, -0.2) is 4.79 Å². The van der Waals surface area contributed by atoms with Crippen molar-refractivity contribution in [2.24, 2.45) is 0 Å². The van der Waals surface area contributed by atoms with Gasteiger partial charge < -0.3 is 15.0 Å². The van der Waals surface area contributed by atoms with Crippen molar-refractivity contribution in [2.45, 2.75) is 57.7 Å². The van der Waals surface area contributed by atoms with Crippen LogP contribution in [0.4, 0.5) is 4.79 Å². The van der Waals surface area contributed by atoms with Gasteiger partial charge in [-0.1, -0.05) is 49.9 Å². The van der Waals surface area contributed by atoms with Gasteiger partial charge in [0.05, 0.1) is 6.61 Å². The molecule has 1 saturated carbocycles. The number of rotatable bonds is 5. The van der Waals surface area contributed by atoms with Crippen molar-refractivity contribution in [3.05, 3.63) is 35.4 Å². The summed E-state index contributed by atoms with van der Waals surface area (Å²) in [7, 11) is 3.61. The number of urea groups is 1. The second-order valence-electron chi connectivity index (χ2n) is 6.12. The van der Waals surface area contributed by atoms with Crippen molar-refractivity contribution in [1.82, 2.24) is 10.2 Å². The number of carbonyl (C=O) groups is 1. The summed E-state index contributed by atoms with van der Waals surface area (Å²) in [6.45, 7) is 1.12. The molecule has 1 aliphatic rings. The minimum absolute atomic E-state index is 0.0270. The van der Waals surface area contributed by atoms with Crippen LogP contribution < -0.4 is 5.32 Å². The topological polar surface area (TPSA) is 41.6 Å². The molecule has 1 aromatic carbocycles. The van der Waals surface area contributed by atoms with Gasteiger partial charge in [0.2, 0.25) is 0 Å². The van der Waals surface area contributed by atoms with Crippen LogP contribution in [0.25, 0.3) is 0 Å². The molecule has 0 saturated heterocycles. The Morgan fingerprint density at radius 1 is 1.18 bits per heavy atom. The van der Waals surface area contributed by atoms with Crippen LogP contribution in [-0.4, -0.2) is 31.1 Å². The molecule has 0 aliphatic heterocycles. The van der Waals surface area contributed by atoms with E-state index in [1.807, 2.05) is 36.2 Å². The lowest BCUT2D eigenvalue weighted by molar-refractivity contribution is 0.180. The van der Waals surface area contributed by atoms with Gasteiger partial charge in [-0.3, -0.25) is 0 Å². The highest BCUT2D eigenvalue weighted by atomic mass is 16.5. The zero-order valence-electron chi connectivity index (χ0n) is 13.8. The third kappa shape index (κ3) is 4.73. The quantitative estimate of drug-likeness (QED) is 0.843. The molecule has 1 aliphatic carbocycles. The molecule has 0 aromatic heterocycles. The maximum absolute atomic E-state index is 12.4. The van der Waals surface area contributed by atoms with Crippen LogP contribution in [-0.2, 0) is 17.9 Å². The van der Waals surface area contributed by atoms with E-state index in [1.54, 1.807) is 7.11 Å². The Morgan fingerprint density at radius 3 is 2.45 bits per heavy atom. The molecule has 0 atom stereocenters. The molecule has 122 valence electrons. The van der Waals surface area contributed by atoms with Gasteiger partial charge in [-0.2, -0.15) is 0 Å². The Bertz CT molecular complexity index is 468. The molecule has 0 radical (unpaired) electrons. The summed E-state index contributed by atoms with van der Waals surface area (Å²) in [5.74, 6) is 0. The van der Waals surface area contributed by atoms with E-state index >= 15 is 0 Å². The Hall–Kier alpha value is -1.55. The summed E-state index contributed by atoms with van der Waals surface area (Å²) < 4.78 is 5.21. The van der Waals surface area contributed by atoms with Gasteiger partial charge >= 0.3 is 6.03 Å². The predicted molar refractivity (Wildman–Crippen MR) is 88.6 cm³/mol. The van der Waals surface area contributed by atoms with Crippen LogP contribution in [0.15, 0.2) is 24.3 Å². The summed E-state index contributed by atoms with van der Waals surface area (Å²) in [5, 5.41) is 3.05. The summed E-state index contributed by atoms with van der Waals surface area (Å²) in [6.07, 6.45) is 7.33. The lowest BCUT2D eigenvalue weighted by Crippen LogP contribution is -2.43. The number of benzene rings is 1. The minimum Gasteiger partial charge on any atom is -0.380 e. The average molecular weight is 304 g/mol. The normalized spacial score (nSPS) is 16.1. The van der Waals surface area contributed by atoms with Crippen molar-refractivity contribution < 1.29 is 9.53 Å². The maximum Gasteiger partial charge on any atom is 0.317 e. The van der Waals surface area contributed by atoms with Crippen molar-refractivity contribution in [1.29, 1.82) is 0 Å². The zero-order valence-corrected chi connectivity index (χ0v) is 13.8. The Morgan fingerprint density at radius 2 is 1.82 bits per heavy atom. The second-order valence-corrected chi connectivity index (χ2v) is 6.12. The van der Waals surface area contributed by atoms with Crippen molar-refractivity contribution in [2.75, 3.05) is 14.2 Å². The molecule has 2 amide bonds. The SMILES string of the molecule is COCc1ccccc1CNC(=O)N(C)C1CCCCCC1. The van der Waals surface area contributed by atoms with Crippen LogP contribution in [0, 0.1) is 0 Å². The first kappa shape index (κ1) is 16.8. The zero-order chi connectivity index (χ0) is 15.8. The minimum atomic E-state index is 0.0270. The molecule has 1 N–H and O–H groups in total. The third-order valence-corrected chi connectivity index (χ3v) is 4.54. The molecule has 2 rings (SSSR count). The maximum atomic E-state index is 12.4. The summed E-state index contributed by atoms with van der Waals surface area (Å²) in [6, 6.07) is 8.49. The van der Waals surface area contributed by atoms with Crippen molar-refractivity contribution in [3.63, 3.8) is 0 Å². The molecule has 0 heterocycles. The summed E-state index contributed by atoms with van der Waals surface area (Å²) in [4.78, 5) is 14.3. The molecule has 1 fully saturated rings. The van der Waals surface area contributed by atoms with Gasteiger partial charge in [0.15, 0.2) is 0 Å². The highest BCUT2D eigenvalue weighted by Crippen LogP contribution is 2.21. The Balaban J connectivity index is 1.89. The lowest BCUT2D eigenvalue weighted by atomic mass is 10.1. The fraction of sp³-hybridized carbons (Fsp3) is 0.611. The molecule has 0 unspecified atom stereocenters. The number of nitrogens with zero attached hydrogens (tertiary/aromatic N) is 1. The van der Waals surface area contributed by atoms with Crippen LogP contribution in [0.2, 0.25) is 0 Å². The Kier molecular flexibility index (Phi) is 6.72. The average Bonchev–Trinajstić information content (AvgIpc) is 2.82. The lowest BCUT2D eigenvalue weighted by Gasteiger charge is -2.27. The number of hydrogen-bond acceptors (Lipinski definition) is 2. The molecule has 22 heavy (non-hydrogen) atoms. The van der Waals surface area contributed by atoms with Gasteiger partial charge in [-0.05, 0) is 24.0 Å². The molecule has 4 heteroatoms. The standard InChI is InChI=1S/C18H28N2O2/c1-20(17-11-5-3-4-6-12-17)18(21)19-13-15-9-7-8-10-16(15)14-22-2/h7-10,17H,3-6,11-14H2,1-2H3,(H,19,21). The summed E-state index contributed by atoms with van der Waals surface area (Å²) in [5.41, 5.74) is 2.24. The van der Waals surface area contributed by atoms with E-state index in [0.717, 1.165) is 24.0 Å². The molecule has 4 nitrogen and oxygen atoms in total. The van der Waals surface area contributed by atoms with Gasteiger partial charge in [0, 0.05) is 26.7 Å². The largest absolute Gasteiger partial charge is 0.380 e. The number of amides is 2. The van der Waals surface area contributed by atoms with Gasteiger partial charge in [0.25, 0.3) is 0 Å². The van der Waals surface area contributed by atoms with E-state index in [4.69, 9.17) is 4.74 Å². The highest BCUT2D eigenvalue weighted by Gasteiger charge is 2.20. The van der Waals surface area contributed by atoms with E-state index in [9.17, 15) is 4.79 Å². The van der Waals surface area contributed by atoms with E-state index in [0.29, 0.717) is 19.2 Å². The first-order valence-corrected chi connectivity index (χ1v) is 8.28. The predicted octanol–water partition coefficient (Wildman–Crippen LogP) is 3.70. The van der Waals surface area contributed by atoms with E-state index in [1.165, 1.54) is 25.7 Å². The first-order chi connectivity index (χ1) is 10.7. The molecule has 1 aromatic rings. The number of ether oxygens (including phenoxy) is 1. The number of methoxy groups -OCH3 is 1. The van der Waals surface area contributed by atoms with Crippen LogP contribution in [0.1, 0.15) is 49.7 Å². The van der Waals surface area contributed by atoms with Crippen LogP contribution in [0.5, 0.6) is 0 Å².